The minimum Gasteiger partial charge on any atom is -0.497 e. The van der Waals surface area contributed by atoms with E-state index in [1.54, 1.807) is 44.6 Å². The largest absolute Gasteiger partial charge is 0.497 e. The van der Waals surface area contributed by atoms with E-state index in [4.69, 9.17) is 23.7 Å². The first-order chi connectivity index (χ1) is 29.6. The second-order valence-electron chi connectivity index (χ2n) is 16.7. The number of amides is 1. The second-order valence-corrected chi connectivity index (χ2v) is 21.1. The van der Waals surface area contributed by atoms with Crippen LogP contribution in [0.4, 0.5) is 5.82 Å². The molecule has 1 saturated heterocycles. The van der Waals surface area contributed by atoms with Crippen LogP contribution in [0.2, 0.25) is 18.1 Å². The highest BCUT2D eigenvalue weighted by Gasteiger charge is 2.53. The third kappa shape index (κ3) is 10.2. The number of carbonyl (C=O) groups excluding carboxylic acids is 3. The number of ketones is 1. The van der Waals surface area contributed by atoms with Crippen LogP contribution in [-0.4, -0.2) is 73.4 Å². The second kappa shape index (κ2) is 19.4. The van der Waals surface area contributed by atoms with E-state index in [-0.39, 0.29) is 37.5 Å². The first kappa shape index (κ1) is 45.6. The molecule has 6 rings (SSSR count). The Hall–Kier alpha value is -5.93. The smallest absolute Gasteiger partial charge is 0.351 e. The third-order valence-electron chi connectivity index (χ3n) is 11.8. The van der Waals surface area contributed by atoms with Gasteiger partial charge in [0.05, 0.1) is 27.2 Å². The molecule has 1 unspecified atom stereocenters. The third-order valence-corrected chi connectivity index (χ3v) is 15.4. The summed E-state index contributed by atoms with van der Waals surface area (Å²) in [6, 6.07) is 34.9. The maximum Gasteiger partial charge on any atom is 0.351 e. The van der Waals surface area contributed by atoms with Gasteiger partial charge in [-0.2, -0.15) is 4.98 Å². The van der Waals surface area contributed by atoms with Crippen LogP contribution >= 0.6 is 0 Å². The molecule has 2 heterocycles. The minimum atomic E-state index is -2.92. The SMILES string of the molecule is COc1ccc(C(OC[C@H]2O[C@@H](n3ccc(NC(=O)c4ccccc4)nc3=O)[C@@H](CC(C)(C)[Si](C)(C)O)C2OC(=O)CCC(C)=O)(c2ccccc2)c2ccc(OC)cc2)cc1. The van der Waals surface area contributed by atoms with Gasteiger partial charge in [-0.1, -0.05) is 86.6 Å². The molecule has 4 aromatic carbocycles. The molecule has 1 amide bonds. The van der Waals surface area contributed by atoms with Gasteiger partial charge in [0, 0.05) is 24.1 Å². The van der Waals surface area contributed by atoms with Gasteiger partial charge in [-0.15, -0.1) is 0 Å². The number of benzene rings is 4. The van der Waals surface area contributed by atoms with E-state index < -0.39 is 60.9 Å². The van der Waals surface area contributed by atoms with E-state index in [1.807, 2.05) is 106 Å². The number of Topliss-reactive ketones (excluding diaryl/α,β-unsaturated/α-hetero) is 1. The Labute approximate surface area is 363 Å². The van der Waals surface area contributed by atoms with E-state index in [9.17, 15) is 24.0 Å². The number of nitrogens with one attached hydrogen (secondary N) is 1. The van der Waals surface area contributed by atoms with Crippen LogP contribution < -0.4 is 20.5 Å². The molecule has 0 aliphatic carbocycles. The first-order valence-electron chi connectivity index (χ1n) is 20.6. The van der Waals surface area contributed by atoms with Crippen molar-refractivity contribution >= 4 is 31.8 Å². The maximum absolute atomic E-state index is 14.0. The van der Waals surface area contributed by atoms with Gasteiger partial charge in [-0.3, -0.25) is 14.2 Å². The molecule has 0 saturated carbocycles. The molecular weight excluding hydrogens is 807 g/mol. The highest BCUT2D eigenvalue weighted by molar-refractivity contribution is 6.72. The Morgan fingerprint density at radius 2 is 1.35 bits per heavy atom. The van der Waals surface area contributed by atoms with Crippen molar-refractivity contribution in [2.45, 2.75) is 82.2 Å². The summed E-state index contributed by atoms with van der Waals surface area (Å²) in [5, 5.41) is 2.01. The van der Waals surface area contributed by atoms with Crippen molar-refractivity contribution in [2.24, 2.45) is 5.92 Å². The van der Waals surface area contributed by atoms with E-state index >= 15 is 0 Å². The van der Waals surface area contributed by atoms with Gasteiger partial charge >= 0.3 is 11.7 Å². The lowest BCUT2D eigenvalue weighted by atomic mass is 9.80. The molecule has 14 heteroatoms. The van der Waals surface area contributed by atoms with Gasteiger partial charge in [0.2, 0.25) is 0 Å². The van der Waals surface area contributed by atoms with Crippen molar-refractivity contribution < 1.29 is 42.9 Å². The van der Waals surface area contributed by atoms with Crippen molar-refractivity contribution in [2.75, 3.05) is 26.1 Å². The zero-order valence-electron chi connectivity index (χ0n) is 36.2. The number of nitrogens with zero attached hydrogens (tertiary/aromatic N) is 2. The van der Waals surface area contributed by atoms with Crippen LogP contribution in [0.1, 0.15) is 73.3 Å². The molecule has 13 nitrogen and oxygen atoms in total. The Morgan fingerprint density at radius 1 is 0.806 bits per heavy atom. The number of methoxy groups -OCH3 is 2. The molecule has 1 aromatic heterocycles. The maximum atomic E-state index is 14.0. The topological polar surface area (TPSA) is 165 Å². The number of anilines is 1. The van der Waals surface area contributed by atoms with Crippen LogP contribution in [0.5, 0.6) is 11.5 Å². The normalized spacial score (nSPS) is 17.9. The molecular formula is C48H55N3O10Si. The number of ether oxygens (including phenoxy) is 5. The molecule has 4 atom stereocenters. The molecule has 2 N–H and O–H groups in total. The number of esters is 1. The fourth-order valence-corrected chi connectivity index (χ4v) is 8.38. The Morgan fingerprint density at radius 3 is 1.87 bits per heavy atom. The summed E-state index contributed by atoms with van der Waals surface area (Å²) < 4.78 is 32.8. The Balaban J connectivity index is 1.46. The van der Waals surface area contributed by atoms with Gasteiger partial charge in [0.15, 0.2) is 8.32 Å². The van der Waals surface area contributed by atoms with Crippen molar-refractivity contribution in [3.8, 4) is 11.5 Å². The highest BCUT2D eigenvalue weighted by atomic mass is 28.4. The van der Waals surface area contributed by atoms with Gasteiger partial charge in [-0.05, 0) is 90.6 Å². The molecule has 0 bridgehead atoms. The minimum absolute atomic E-state index is 0.0185. The van der Waals surface area contributed by atoms with Crippen LogP contribution in [0.15, 0.2) is 126 Å². The quantitative estimate of drug-likeness (QED) is 0.0505. The van der Waals surface area contributed by atoms with Crippen molar-refractivity contribution in [1.29, 1.82) is 0 Å². The summed E-state index contributed by atoms with van der Waals surface area (Å²) in [7, 11) is 0.274. The van der Waals surface area contributed by atoms with Crippen molar-refractivity contribution in [1.82, 2.24) is 9.55 Å². The molecule has 1 aliphatic heterocycles. The number of hydrogen-bond donors (Lipinski definition) is 2. The summed E-state index contributed by atoms with van der Waals surface area (Å²) in [5.41, 5.74) is 0.721. The average Bonchev–Trinajstić information content (AvgIpc) is 3.58. The number of hydrogen-bond acceptors (Lipinski definition) is 11. The van der Waals surface area contributed by atoms with E-state index in [1.165, 1.54) is 23.8 Å². The van der Waals surface area contributed by atoms with E-state index in [0.717, 1.165) is 16.7 Å². The fourth-order valence-electron chi connectivity index (χ4n) is 7.64. The molecule has 1 aliphatic rings. The van der Waals surface area contributed by atoms with Crippen LogP contribution in [0, 0.1) is 5.92 Å². The number of aromatic nitrogens is 2. The van der Waals surface area contributed by atoms with Crippen LogP contribution in [0.25, 0.3) is 0 Å². The van der Waals surface area contributed by atoms with Gasteiger partial charge in [0.25, 0.3) is 5.91 Å². The lowest BCUT2D eigenvalue weighted by molar-refractivity contribution is -0.158. The standard InChI is InChI=1S/C48H55N3O10Si/c1-32(52)18-27-42(53)61-43-39(30-47(2,3)62(6,7)56)45(51-29-28-41(50-46(51)55)49-44(54)33-14-10-8-11-15-33)60-40(43)31-59-48(34-16-12-9-13-17-34,35-19-23-37(57-4)24-20-35)36-21-25-38(58-5)26-22-36/h8-17,19-26,28-29,39-40,43,45,56H,18,27,30-31H2,1-7H3,(H,49,50,54,55)/t39-,40+,43?,45+/m0/s1. The first-order valence-corrected chi connectivity index (χ1v) is 23.5. The fraction of sp³-hybridized carbons (Fsp3) is 0.354. The lowest BCUT2D eigenvalue weighted by Gasteiger charge is -2.39. The van der Waals surface area contributed by atoms with Gasteiger partial charge in [-0.25, -0.2) is 4.79 Å². The predicted octanol–water partition coefficient (Wildman–Crippen LogP) is 7.68. The van der Waals surface area contributed by atoms with E-state index in [0.29, 0.717) is 17.1 Å². The molecule has 0 spiro atoms. The molecule has 1 fully saturated rings. The zero-order chi connectivity index (χ0) is 44.7. The monoisotopic (exact) mass is 861 g/mol. The zero-order valence-corrected chi connectivity index (χ0v) is 37.2. The summed E-state index contributed by atoms with van der Waals surface area (Å²) >= 11 is 0. The molecule has 62 heavy (non-hydrogen) atoms. The highest BCUT2D eigenvalue weighted by Crippen LogP contribution is 2.50. The van der Waals surface area contributed by atoms with Crippen LogP contribution in [-0.2, 0) is 29.4 Å². The summed E-state index contributed by atoms with van der Waals surface area (Å²) in [4.78, 5) is 68.4. The Bertz CT molecular complexity index is 2320. The predicted molar refractivity (Wildman–Crippen MR) is 237 cm³/mol. The summed E-state index contributed by atoms with van der Waals surface area (Å²) in [5.74, 6) is -0.601. The van der Waals surface area contributed by atoms with Crippen molar-refractivity contribution in [3.63, 3.8) is 0 Å². The summed E-state index contributed by atoms with van der Waals surface area (Å²) in [6.45, 7) is 8.82. The summed E-state index contributed by atoms with van der Waals surface area (Å²) in [6.07, 6.45) is -1.47. The number of rotatable bonds is 18. The Kier molecular flexibility index (Phi) is 14.3. The van der Waals surface area contributed by atoms with Gasteiger partial charge < -0.3 is 38.6 Å². The molecule has 5 aromatic rings. The van der Waals surface area contributed by atoms with Gasteiger partial charge in [0.1, 0.15) is 47.1 Å². The molecule has 0 radical (unpaired) electrons. The van der Waals surface area contributed by atoms with Crippen molar-refractivity contribution in [3.05, 3.63) is 154 Å². The van der Waals surface area contributed by atoms with E-state index in [2.05, 4.69) is 10.3 Å². The van der Waals surface area contributed by atoms with Crippen LogP contribution in [0.3, 0.4) is 0 Å². The molecule has 326 valence electrons. The average molecular weight is 862 g/mol. The lowest BCUT2D eigenvalue weighted by Crippen LogP contribution is -2.44. The number of carbonyl (C=O) groups is 3.